The summed E-state index contributed by atoms with van der Waals surface area (Å²) in [6, 6.07) is 81.1. The van der Waals surface area contributed by atoms with Crippen LogP contribution in [0.2, 0.25) is 0 Å². The van der Waals surface area contributed by atoms with Gasteiger partial charge in [-0.2, -0.15) is 0 Å². The van der Waals surface area contributed by atoms with Gasteiger partial charge < -0.3 is 5.11 Å². The first-order valence-electron chi connectivity index (χ1n) is 28.7. The van der Waals surface area contributed by atoms with Crippen molar-refractivity contribution >= 4 is 11.0 Å². The predicted molar refractivity (Wildman–Crippen MR) is 335 cm³/mol. The topological polar surface area (TPSA) is 50.9 Å². The van der Waals surface area contributed by atoms with Gasteiger partial charge in [-0.05, 0) is 146 Å². The molecule has 1 saturated carbocycles. The quantitative estimate of drug-likeness (QED) is 0.124. The largest absolute Gasteiger partial charge is 0.507 e. The summed E-state index contributed by atoms with van der Waals surface area (Å²) in [6.07, 6.45) is 8.20. The molecule has 4 nitrogen and oxygen atoms in total. The molecule has 396 valence electrons. The average molecular weight is 1040 g/mol. The van der Waals surface area contributed by atoms with Gasteiger partial charge in [-0.15, -0.1) is 0 Å². The van der Waals surface area contributed by atoms with Crippen LogP contribution in [0.5, 0.6) is 5.75 Å². The second-order valence-corrected chi connectivity index (χ2v) is 24.5. The first kappa shape index (κ1) is 52.1. The second-order valence-electron chi connectivity index (χ2n) is 24.5. The van der Waals surface area contributed by atoms with Crippen molar-refractivity contribution in [3.63, 3.8) is 0 Å². The van der Waals surface area contributed by atoms with Crippen LogP contribution in [0.25, 0.3) is 83.9 Å². The molecule has 0 aliphatic heterocycles. The molecule has 0 unspecified atom stereocenters. The molecule has 0 amide bonds. The molecule has 2 aromatic heterocycles. The summed E-state index contributed by atoms with van der Waals surface area (Å²) in [5.74, 6) is 1.60. The molecule has 0 spiro atoms. The number of phenolic OH excluding ortho intramolecular Hbond substituents is 1. The minimum atomic E-state index is -0.334. The minimum absolute atomic E-state index is 0.182. The van der Waals surface area contributed by atoms with Crippen LogP contribution in [0.1, 0.15) is 108 Å². The van der Waals surface area contributed by atoms with Gasteiger partial charge in [-0.1, -0.05) is 237 Å². The number of rotatable bonds is 12. The van der Waals surface area contributed by atoms with Crippen LogP contribution in [0, 0.1) is 5.92 Å². The molecule has 12 rings (SSSR count). The first-order valence-corrected chi connectivity index (χ1v) is 28.7. The Morgan fingerprint density at radius 2 is 1.00 bits per heavy atom. The van der Waals surface area contributed by atoms with E-state index in [2.05, 4.69) is 259 Å². The third-order valence-electron chi connectivity index (χ3n) is 17.0. The van der Waals surface area contributed by atoms with Crippen LogP contribution in [-0.2, 0) is 22.7 Å². The molecule has 0 atom stereocenters. The van der Waals surface area contributed by atoms with Gasteiger partial charge in [0, 0.05) is 33.9 Å². The molecule has 1 aliphatic rings. The van der Waals surface area contributed by atoms with Gasteiger partial charge in [0.1, 0.15) is 11.6 Å². The summed E-state index contributed by atoms with van der Waals surface area (Å²) in [6.45, 7) is 15.9. The summed E-state index contributed by atoms with van der Waals surface area (Å²) in [4.78, 5) is 10.9. The van der Waals surface area contributed by atoms with E-state index in [4.69, 9.17) is 9.97 Å². The van der Waals surface area contributed by atoms with Crippen molar-refractivity contribution in [2.24, 2.45) is 5.92 Å². The van der Waals surface area contributed by atoms with Crippen molar-refractivity contribution < 1.29 is 5.11 Å². The van der Waals surface area contributed by atoms with Crippen LogP contribution >= 0.6 is 0 Å². The van der Waals surface area contributed by atoms with Crippen LogP contribution < -0.4 is 0 Å². The average Bonchev–Trinajstić information content (AvgIpc) is 4.32. The molecule has 11 aromatic rings. The minimum Gasteiger partial charge on any atom is -0.507 e. The summed E-state index contributed by atoms with van der Waals surface area (Å²) in [5, 5.41) is 12.8. The number of phenols is 1. The molecule has 80 heavy (non-hydrogen) atoms. The Kier molecular flexibility index (Phi) is 13.8. The maximum absolute atomic E-state index is 12.8. The van der Waals surface area contributed by atoms with E-state index < -0.39 is 0 Å². The molecule has 4 heteroatoms. The molecule has 0 radical (unpaired) electrons. The van der Waals surface area contributed by atoms with Crippen LogP contribution in [0.4, 0.5) is 0 Å². The van der Waals surface area contributed by atoms with Gasteiger partial charge in [0.25, 0.3) is 0 Å². The Hall–Kier alpha value is -8.60. The highest BCUT2D eigenvalue weighted by Crippen LogP contribution is 2.47. The molecule has 9 aromatic carbocycles. The molecule has 1 N–H and O–H groups in total. The number of aromatic nitrogens is 3. The summed E-state index contributed by atoms with van der Waals surface area (Å²) in [7, 11) is 0. The molecule has 2 heterocycles. The van der Waals surface area contributed by atoms with E-state index in [-0.39, 0.29) is 22.0 Å². The number of aromatic hydroxyl groups is 1. The highest BCUT2D eigenvalue weighted by molar-refractivity contribution is 5.98. The number of para-hydroxylation sites is 1. The Balaban J connectivity index is 1.03. The molecular formula is C76H71N3O. The van der Waals surface area contributed by atoms with Crippen molar-refractivity contribution in [1.29, 1.82) is 0 Å². The van der Waals surface area contributed by atoms with Gasteiger partial charge in [-0.3, -0.25) is 9.55 Å². The second kappa shape index (κ2) is 21.2. The fraction of sp³-hybridized carbons (Fsp3) is 0.211. The Bertz CT molecular complexity index is 3950. The SMILES string of the molecule is CC(C)(C)c1cc(-c2cc(-c3ccc(C(C)(c4ccccc4)c4ccccc4)cc3)ccn2)cc(-c2cccc3c2nc(-c2cc(C(C)(C)C)cc(-c4ccccc4)c2O)n3-c2ccc(CC3CCCC3)cc2-c2ccccc2)c1. The van der Waals surface area contributed by atoms with Crippen molar-refractivity contribution in [1.82, 2.24) is 14.5 Å². The maximum atomic E-state index is 12.8. The summed E-state index contributed by atoms with van der Waals surface area (Å²) < 4.78 is 2.32. The summed E-state index contributed by atoms with van der Waals surface area (Å²) in [5.41, 5.74) is 20.5. The lowest BCUT2D eigenvalue weighted by Gasteiger charge is -2.32. The standard InChI is InChI=1S/C76H71N3O/c1-74(2,3)62-46-57(45-58(47-62)68-48-56(41-42-77-68)53-36-38-61(39-37-53)76(7,59-29-16-10-17-30-59)60-31-18-11-19-32-60)64-33-22-34-70-71(64)78-73(67-50-63(75(4,5)6)49-66(72(67)80)55-27-14-9-15-28-55)79(70)69-40-35-52(43-51-23-20-21-24-51)44-65(69)54-25-12-8-13-26-54/h8-19,22,25-42,44-51,80H,20-21,23-24,43H2,1-7H3. The van der Waals surface area contributed by atoms with E-state index in [9.17, 15) is 5.11 Å². The van der Waals surface area contributed by atoms with E-state index >= 15 is 0 Å². The third-order valence-corrected chi connectivity index (χ3v) is 17.0. The van der Waals surface area contributed by atoms with Crippen molar-refractivity contribution in [2.75, 3.05) is 0 Å². The fourth-order valence-electron chi connectivity index (χ4n) is 12.3. The normalized spacial score (nSPS) is 13.3. The number of benzene rings is 9. The fourth-order valence-corrected chi connectivity index (χ4v) is 12.3. The van der Waals surface area contributed by atoms with Crippen LogP contribution in [-0.4, -0.2) is 19.6 Å². The van der Waals surface area contributed by atoms with Crippen molar-refractivity contribution in [3.8, 4) is 78.6 Å². The number of hydrogen-bond acceptors (Lipinski definition) is 3. The highest BCUT2D eigenvalue weighted by atomic mass is 16.3. The van der Waals surface area contributed by atoms with Crippen molar-refractivity contribution in [3.05, 3.63) is 264 Å². The zero-order valence-electron chi connectivity index (χ0n) is 47.3. The Labute approximate surface area is 473 Å². The first-order chi connectivity index (χ1) is 38.7. The van der Waals surface area contributed by atoms with E-state index in [1.165, 1.54) is 53.5 Å². The van der Waals surface area contributed by atoms with Crippen LogP contribution in [0.15, 0.2) is 231 Å². The lowest BCUT2D eigenvalue weighted by molar-refractivity contribution is 0.477. The number of hydrogen-bond donors (Lipinski definition) is 1. The van der Waals surface area contributed by atoms with Crippen molar-refractivity contribution in [2.45, 2.75) is 96.8 Å². The van der Waals surface area contributed by atoms with Gasteiger partial charge in [-0.25, -0.2) is 4.98 Å². The molecule has 0 saturated heterocycles. The van der Waals surface area contributed by atoms with E-state index in [0.29, 0.717) is 17.3 Å². The zero-order chi connectivity index (χ0) is 55.2. The lowest BCUT2D eigenvalue weighted by Crippen LogP contribution is -2.25. The van der Waals surface area contributed by atoms with Gasteiger partial charge in [0.05, 0.1) is 28.0 Å². The van der Waals surface area contributed by atoms with E-state index in [1.807, 2.05) is 24.4 Å². The van der Waals surface area contributed by atoms with E-state index in [0.717, 1.165) is 84.5 Å². The molecule has 0 bridgehead atoms. The lowest BCUT2D eigenvalue weighted by atomic mass is 9.71. The van der Waals surface area contributed by atoms with Crippen LogP contribution in [0.3, 0.4) is 0 Å². The monoisotopic (exact) mass is 1040 g/mol. The molecule has 1 fully saturated rings. The maximum Gasteiger partial charge on any atom is 0.149 e. The summed E-state index contributed by atoms with van der Waals surface area (Å²) >= 11 is 0. The molecular weight excluding hydrogens is 971 g/mol. The molecule has 1 aliphatic carbocycles. The smallest absolute Gasteiger partial charge is 0.149 e. The van der Waals surface area contributed by atoms with Gasteiger partial charge in [0.15, 0.2) is 0 Å². The number of fused-ring (bicyclic) bond motifs is 1. The highest BCUT2D eigenvalue weighted by Gasteiger charge is 2.32. The van der Waals surface area contributed by atoms with Gasteiger partial charge in [0.2, 0.25) is 0 Å². The Morgan fingerprint density at radius 3 is 1.62 bits per heavy atom. The number of pyridine rings is 1. The van der Waals surface area contributed by atoms with Gasteiger partial charge >= 0.3 is 0 Å². The number of imidazole rings is 1. The third kappa shape index (κ3) is 10.1. The number of nitrogens with zero attached hydrogens (tertiary/aromatic N) is 3. The van der Waals surface area contributed by atoms with E-state index in [1.54, 1.807) is 0 Å². The Morgan fingerprint density at radius 1 is 0.438 bits per heavy atom. The zero-order valence-corrected chi connectivity index (χ0v) is 47.3. The predicted octanol–water partition coefficient (Wildman–Crippen LogP) is 19.8.